The van der Waals surface area contributed by atoms with Crippen LogP contribution in [-0.2, 0) is 4.79 Å². The van der Waals surface area contributed by atoms with Gasteiger partial charge in [-0.15, -0.1) is 0 Å². The molecule has 1 saturated heterocycles. The molecule has 0 saturated carbocycles. The summed E-state index contributed by atoms with van der Waals surface area (Å²) in [5.41, 5.74) is -2.05. The van der Waals surface area contributed by atoms with Gasteiger partial charge in [0, 0.05) is 24.0 Å². The average molecular weight is 358 g/mol. The maximum absolute atomic E-state index is 13.4. The van der Waals surface area contributed by atoms with Crippen molar-refractivity contribution < 1.29 is 32.3 Å². The van der Waals surface area contributed by atoms with Gasteiger partial charge < -0.3 is 15.0 Å². The van der Waals surface area contributed by atoms with Gasteiger partial charge in [0.1, 0.15) is 11.5 Å². The third-order valence-electron chi connectivity index (χ3n) is 4.65. The fourth-order valence-electron chi connectivity index (χ4n) is 3.17. The molecule has 134 valence electrons. The highest BCUT2D eigenvalue weighted by atomic mass is 19.4. The molecule has 25 heavy (non-hydrogen) atoms. The van der Waals surface area contributed by atoms with Crippen LogP contribution in [0.15, 0.2) is 18.2 Å². The number of nitrogens with zero attached hydrogens (tertiary/aromatic N) is 1. The average Bonchev–Trinajstić information content (AvgIpc) is 3.10. The van der Waals surface area contributed by atoms with Crippen LogP contribution >= 0.6 is 0 Å². The minimum Gasteiger partial charge on any atom is -0.481 e. The number of hydrogen-bond donors (Lipinski definition) is 2. The summed E-state index contributed by atoms with van der Waals surface area (Å²) in [6.45, 7) is 0.364. The van der Waals surface area contributed by atoms with E-state index in [0.29, 0.717) is 16.5 Å². The standard InChI is InChI=1S/C16H14F4N2O3/c1-8-4-9(17)5-11-10(8)6-12(21-11)13(23)22-3-2-15(7-22,14(24)25)16(18,19)20/h4-6,21H,2-3,7H2,1H3,(H,24,25). The van der Waals surface area contributed by atoms with Crippen molar-refractivity contribution in [2.45, 2.75) is 19.5 Å². The van der Waals surface area contributed by atoms with E-state index in [0.717, 1.165) is 4.90 Å². The summed E-state index contributed by atoms with van der Waals surface area (Å²) in [7, 11) is 0. The van der Waals surface area contributed by atoms with E-state index in [2.05, 4.69) is 4.98 Å². The molecule has 5 nitrogen and oxygen atoms in total. The third kappa shape index (κ3) is 2.63. The van der Waals surface area contributed by atoms with Crippen LogP contribution < -0.4 is 0 Å². The molecule has 9 heteroatoms. The zero-order valence-corrected chi connectivity index (χ0v) is 13.1. The first-order chi connectivity index (χ1) is 11.5. The van der Waals surface area contributed by atoms with Crippen LogP contribution in [0.5, 0.6) is 0 Å². The molecule has 0 spiro atoms. The van der Waals surface area contributed by atoms with Crippen LogP contribution in [0.2, 0.25) is 0 Å². The minimum absolute atomic E-state index is 0.00735. The van der Waals surface area contributed by atoms with Gasteiger partial charge in [-0.2, -0.15) is 13.2 Å². The molecule has 0 bridgehead atoms. The maximum atomic E-state index is 13.4. The van der Waals surface area contributed by atoms with Gasteiger partial charge in [0.15, 0.2) is 5.41 Å². The number of aliphatic carboxylic acids is 1. The van der Waals surface area contributed by atoms with Crippen molar-refractivity contribution >= 4 is 22.8 Å². The third-order valence-corrected chi connectivity index (χ3v) is 4.65. The smallest absolute Gasteiger partial charge is 0.406 e. The Hall–Kier alpha value is -2.58. The zero-order valence-electron chi connectivity index (χ0n) is 13.1. The van der Waals surface area contributed by atoms with Gasteiger partial charge in [-0.05, 0) is 37.1 Å². The van der Waals surface area contributed by atoms with Gasteiger partial charge in [0.25, 0.3) is 5.91 Å². The summed E-state index contributed by atoms with van der Waals surface area (Å²) in [5, 5.41) is 9.62. The Balaban J connectivity index is 1.92. The van der Waals surface area contributed by atoms with Crippen molar-refractivity contribution in [3.05, 3.63) is 35.3 Å². The number of benzene rings is 1. The fraction of sp³-hybridized carbons (Fsp3) is 0.375. The lowest BCUT2D eigenvalue weighted by Gasteiger charge is -2.27. The highest BCUT2D eigenvalue weighted by Crippen LogP contribution is 2.46. The van der Waals surface area contributed by atoms with E-state index in [1.807, 2.05) is 0 Å². The number of likely N-dealkylation sites (tertiary alicyclic amines) is 1. The predicted octanol–water partition coefficient (Wildman–Crippen LogP) is 3.09. The number of H-pyrrole nitrogens is 1. The van der Waals surface area contributed by atoms with Crippen LogP contribution in [0, 0.1) is 18.2 Å². The summed E-state index contributed by atoms with van der Waals surface area (Å²) in [6, 6.07) is 3.89. The largest absolute Gasteiger partial charge is 0.481 e. The summed E-state index contributed by atoms with van der Waals surface area (Å²) in [6.07, 6.45) is -5.67. The lowest BCUT2D eigenvalue weighted by atomic mass is 9.86. The number of nitrogens with one attached hydrogen (secondary N) is 1. The van der Waals surface area contributed by atoms with Gasteiger partial charge in [0.2, 0.25) is 0 Å². The van der Waals surface area contributed by atoms with Crippen molar-refractivity contribution in [3.63, 3.8) is 0 Å². The van der Waals surface area contributed by atoms with Crippen molar-refractivity contribution in [2.24, 2.45) is 5.41 Å². The molecule has 1 aromatic heterocycles. The summed E-state index contributed by atoms with van der Waals surface area (Å²) in [4.78, 5) is 27.2. The molecule has 0 aliphatic carbocycles. The van der Waals surface area contributed by atoms with E-state index in [4.69, 9.17) is 5.11 Å². The number of carboxylic acids is 1. The van der Waals surface area contributed by atoms with Crippen LogP contribution in [0.1, 0.15) is 22.5 Å². The van der Waals surface area contributed by atoms with E-state index < -0.39 is 42.3 Å². The highest BCUT2D eigenvalue weighted by Gasteiger charge is 2.64. The quantitative estimate of drug-likeness (QED) is 0.811. The Kier molecular flexibility index (Phi) is 3.77. The van der Waals surface area contributed by atoms with Crippen molar-refractivity contribution in [1.29, 1.82) is 0 Å². The Morgan fingerprint density at radius 2 is 1.96 bits per heavy atom. The van der Waals surface area contributed by atoms with E-state index in [1.54, 1.807) is 6.92 Å². The Bertz CT molecular complexity index is 874. The molecule has 2 N–H and O–H groups in total. The number of aromatic amines is 1. The Morgan fingerprint density at radius 3 is 2.52 bits per heavy atom. The maximum Gasteiger partial charge on any atom is 0.406 e. The van der Waals surface area contributed by atoms with Gasteiger partial charge in [-0.25, -0.2) is 4.39 Å². The molecular weight excluding hydrogens is 344 g/mol. The van der Waals surface area contributed by atoms with Crippen molar-refractivity contribution in [2.75, 3.05) is 13.1 Å². The second kappa shape index (κ2) is 5.47. The fourth-order valence-corrected chi connectivity index (χ4v) is 3.17. The van der Waals surface area contributed by atoms with Gasteiger partial charge in [-0.1, -0.05) is 0 Å². The normalized spacial score (nSPS) is 21.1. The Labute approximate surface area is 139 Å². The number of fused-ring (bicyclic) bond motifs is 1. The number of hydrogen-bond acceptors (Lipinski definition) is 2. The molecule has 1 amide bonds. The number of halogens is 4. The van der Waals surface area contributed by atoms with E-state index in [1.165, 1.54) is 18.2 Å². The number of carbonyl (C=O) groups is 2. The lowest BCUT2D eigenvalue weighted by Crippen LogP contribution is -2.47. The van der Waals surface area contributed by atoms with Crippen LogP contribution in [0.3, 0.4) is 0 Å². The van der Waals surface area contributed by atoms with Gasteiger partial charge in [-0.3, -0.25) is 9.59 Å². The summed E-state index contributed by atoms with van der Waals surface area (Å²) in [5.74, 6) is -3.25. The number of carboxylic acid groups (broad SMARTS) is 1. The predicted molar refractivity (Wildman–Crippen MR) is 79.6 cm³/mol. The van der Waals surface area contributed by atoms with Crippen molar-refractivity contribution in [3.8, 4) is 0 Å². The van der Waals surface area contributed by atoms with Gasteiger partial charge in [0.05, 0.1) is 0 Å². The highest BCUT2D eigenvalue weighted by molar-refractivity contribution is 5.99. The zero-order chi connectivity index (χ0) is 18.6. The molecule has 0 radical (unpaired) electrons. The molecule has 3 rings (SSSR count). The first kappa shape index (κ1) is 17.2. The second-order valence-electron chi connectivity index (χ2n) is 6.23. The SMILES string of the molecule is Cc1cc(F)cc2[nH]c(C(=O)N3CCC(C(=O)O)(C(F)(F)F)C3)cc12. The molecule has 1 atom stereocenters. The molecule has 1 aromatic carbocycles. The molecule has 1 aliphatic rings. The Morgan fingerprint density at radius 1 is 1.28 bits per heavy atom. The van der Waals surface area contributed by atoms with E-state index in [9.17, 15) is 27.2 Å². The molecule has 1 unspecified atom stereocenters. The van der Waals surface area contributed by atoms with Crippen LogP contribution in [0.25, 0.3) is 10.9 Å². The molecule has 1 fully saturated rings. The van der Waals surface area contributed by atoms with Crippen LogP contribution in [-0.4, -0.2) is 46.1 Å². The summed E-state index contributed by atoms with van der Waals surface area (Å²) < 4.78 is 53.0. The van der Waals surface area contributed by atoms with Gasteiger partial charge >= 0.3 is 12.1 Å². The summed E-state index contributed by atoms with van der Waals surface area (Å²) >= 11 is 0. The first-order valence-electron chi connectivity index (χ1n) is 7.43. The number of amides is 1. The second-order valence-corrected chi connectivity index (χ2v) is 6.23. The number of aryl methyl sites for hydroxylation is 1. The number of rotatable bonds is 2. The number of aromatic nitrogens is 1. The monoisotopic (exact) mass is 358 g/mol. The lowest BCUT2D eigenvalue weighted by molar-refractivity contribution is -0.227. The minimum atomic E-state index is -4.96. The number of alkyl halides is 3. The number of carbonyl (C=O) groups excluding carboxylic acids is 1. The van der Waals surface area contributed by atoms with Crippen LogP contribution in [0.4, 0.5) is 17.6 Å². The molecule has 2 heterocycles. The molecule has 1 aliphatic heterocycles. The van der Waals surface area contributed by atoms with E-state index >= 15 is 0 Å². The molecule has 2 aromatic rings. The molecular formula is C16H14F4N2O3. The topological polar surface area (TPSA) is 73.4 Å². The first-order valence-corrected chi connectivity index (χ1v) is 7.43. The van der Waals surface area contributed by atoms with Crippen molar-refractivity contribution in [1.82, 2.24) is 9.88 Å². The van der Waals surface area contributed by atoms with E-state index in [-0.39, 0.29) is 12.2 Å².